The summed E-state index contributed by atoms with van der Waals surface area (Å²) in [7, 11) is -4.19. The normalized spacial score (nSPS) is 12.6. The highest BCUT2D eigenvalue weighted by atomic mass is 32.2. The topological polar surface area (TPSA) is 86.8 Å². The highest BCUT2D eigenvalue weighted by molar-refractivity contribution is 7.92. The van der Waals surface area contributed by atoms with Crippen LogP contribution in [0.2, 0.25) is 0 Å². The molecule has 236 valence electrons. The summed E-state index contributed by atoms with van der Waals surface area (Å²) in [5, 5.41) is 3.01. The number of amides is 2. The first-order valence-electron chi connectivity index (χ1n) is 15.0. The van der Waals surface area contributed by atoms with Crippen molar-refractivity contribution in [2.24, 2.45) is 0 Å². The molecule has 0 bridgehead atoms. The third kappa shape index (κ3) is 8.36. The molecule has 4 rings (SSSR count). The minimum absolute atomic E-state index is 0.0312. The van der Waals surface area contributed by atoms with Crippen molar-refractivity contribution in [1.29, 1.82) is 0 Å². The van der Waals surface area contributed by atoms with E-state index in [0.717, 1.165) is 15.4 Å². The average molecular weight is 630 g/mol. The minimum atomic E-state index is -4.19. The molecular formula is C36H40FN3O4S. The van der Waals surface area contributed by atoms with Gasteiger partial charge in [0.25, 0.3) is 10.0 Å². The molecule has 0 saturated carbocycles. The Balaban J connectivity index is 1.83. The predicted molar refractivity (Wildman–Crippen MR) is 176 cm³/mol. The zero-order valence-electron chi connectivity index (χ0n) is 26.1. The van der Waals surface area contributed by atoms with E-state index in [1.54, 1.807) is 42.5 Å². The van der Waals surface area contributed by atoms with Gasteiger partial charge in [-0.2, -0.15) is 0 Å². The van der Waals surface area contributed by atoms with Crippen LogP contribution in [-0.4, -0.2) is 43.8 Å². The quantitative estimate of drug-likeness (QED) is 0.191. The maximum absolute atomic E-state index is 14.5. The molecule has 0 unspecified atom stereocenters. The molecule has 1 N–H and O–H groups in total. The average Bonchev–Trinajstić information content (AvgIpc) is 3.04. The van der Waals surface area contributed by atoms with Crippen molar-refractivity contribution < 1.29 is 22.4 Å². The van der Waals surface area contributed by atoms with Crippen LogP contribution in [0.15, 0.2) is 108 Å². The van der Waals surface area contributed by atoms with E-state index in [9.17, 15) is 22.4 Å². The van der Waals surface area contributed by atoms with Gasteiger partial charge in [0.05, 0.1) is 10.6 Å². The molecule has 2 amide bonds. The standard InChI is InChI=1S/C36H40FN3O4S/c1-5-27(3)38-36(42)34(23-29-14-8-6-9-15-29)39(24-30-19-21-31(37)22-20-30)35(41)25-40(33-18-12-13-26(2)28(33)4)45(43,44)32-16-10-7-11-17-32/h6-22,27,34H,5,23-25H2,1-4H3,(H,38,42)/t27-,34+/m0/s1. The summed E-state index contributed by atoms with van der Waals surface area (Å²) < 4.78 is 43.3. The monoisotopic (exact) mass is 629 g/mol. The summed E-state index contributed by atoms with van der Waals surface area (Å²) >= 11 is 0. The summed E-state index contributed by atoms with van der Waals surface area (Å²) in [5.41, 5.74) is 3.39. The van der Waals surface area contributed by atoms with Crippen LogP contribution in [0.3, 0.4) is 0 Å². The van der Waals surface area contributed by atoms with Crippen LogP contribution in [-0.2, 0) is 32.6 Å². The molecule has 0 fully saturated rings. The molecule has 7 nitrogen and oxygen atoms in total. The molecule has 0 spiro atoms. The molecule has 0 heterocycles. The van der Waals surface area contributed by atoms with E-state index >= 15 is 0 Å². The Labute approximate surface area is 265 Å². The third-order valence-electron chi connectivity index (χ3n) is 7.99. The number of hydrogen-bond acceptors (Lipinski definition) is 4. The van der Waals surface area contributed by atoms with Crippen LogP contribution >= 0.6 is 0 Å². The van der Waals surface area contributed by atoms with Crippen molar-refractivity contribution in [3.8, 4) is 0 Å². The van der Waals surface area contributed by atoms with Gasteiger partial charge in [-0.25, -0.2) is 12.8 Å². The van der Waals surface area contributed by atoms with Gasteiger partial charge in [-0.3, -0.25) is 13.9 Å². The van der Waals surface area contributed by atoms with Crippen LogP contribution < -0.4 is 9.62 Å². The molecule has 0 aliphatic rings. The molecule has 0 aliphatic heterocycles. The largest absolute Gasteiger partial charge is 0.352 e. The van der Waals surface area contributed by atoms with Gasteiger partial charge in [-0.05, 0) is 79.8 Å². The van der Waals surface area contributed by atoms with Crippen molar-refractivity contribution in [2.45, 2.75) is 64.1 Å². The van der Waals surface area contributed by atoms with Crippen LogP contribution in [0.5, 0.6) is 0 Å². The van der Waals surface area contributed by atoms with Crippen LogP contribution in [0.4, 0.5) is 10.1 Å². The molecule has 0 saturated heterocycles. The zero-order chi connectivity index (χ0) is 32.6. The third-order valence-corrected chi connectivity index (χ3v) is 9.77. The minimum Gasteiger partial charge on any atom is -0.352 e. The molecule has 0 radical (unpaired) electrons. The Morgan fingerprint density at radius 1 is 0.822 bits per heavy atom. The first-order valence-corrected chi connectivity index (χ1v) is 16.5. The number of nitrogens with zero attached hydrogens (tertiary/aromatic N) is 2. The van der Waals surface area contributed by atoms with E-state index in [4.69, 9.17) is 0 Å². The van der Waals surface area contributed by atoms with Gasteiger partial charge >= 0.3 is 0 Å². The molecule has 4 aromatic carbocycles. The van der Waals surface area contributed by atoms with Gasteiger partial charge in [0, 0.05) is 19.0 Å². The van der Waals surface area contributed by atoms with Gasteiger partial charge in [-0.15, -0.1) is 0 Å². The number of benzene rings is 4. The number of halogens is 1. The van der Waals surface area contributed by atoms with E-state index < -0.39 is 34.3 Å². The number of hydrogen-bond donors (Lipinski definition) is 1. The van der Waals surface area contributed by atoms with Gasteiger partial charge < -0.3 is 10.2 Å². The van der Waals surface area contributed by atoms with Crippen molar-refractivity contribution in [3.63, 3.8) is 0 Å². The molecular weight excluding hydrogens is 589 g/mol. The van der Waals surface area contributed by atoms with Crippen LogP contribution in [0, 0.1) is 19.7 Å². The summed E-state index contributed by atoms with van der Waals surface area (Å²) in [6.07, 6.45) is 0.885. The first kappa shape index (κ1) is 33.4. The van der Waals surface area contributed by atoms with Crippen molar-refractivity contribution >= 4 is 27.5 Å². The Kier molecular flexibility index (Phi) is 11.1. The van der Waals surface area contributed by atoms with E-state index in [1.165, 1.54) is 29.2 Å². The second-order valence-corrected chi connectivity index (χ2v) is 13.1. The van der Waals surface area contributed by atoms with Crippen molar-refractivity contribution in [3.05, 3.63) is 131 Å². The lowest BCUT2D eigenvalue weighted by atomic mass is 10.0. The Morgan fingerprint density at radius 2 is 1.44 bits per heavy atom. The second kappa shape index (κ2) is 15.0. The van der Waals surface area contributed by atoms with Crippen LogP contribution in [0.1, 0.15) is 42.5 Å². The zero-order valence-corrected chi connectivity index (χ0v) is 26.9. The number of aryl methyl sites for hydroxylation is 1. The first-order chi connectivity index (χ1) is 21.5. The lowest BCUT2D eigenvalue weighted by Crippen LogP contribution is -2.54. The molecule has 9 heteroatoms. The molecule has 4 aromatic rings. The predicted octanol–water partition coefficient (Wildman–Crippen LogP) is 6.19. The SMILES string of the molecule is CC[C@H](C)NC(=O)[C@@H](Cc1ccccc1)N(Cc1ccc(F)cc1)C(=O)CN(c1cccc(C)c1C)S(=O)(=O)c1ccccc1. The van der Waals surface area contributed by atoms with E-state index in [-0.39, 0.29) is 29.8 Å². The number of anilines is 1. The van der Waals surface area contributed by atoms with Crippen LogP contribution in [0.25, 0.3) is 0 Å². The fraction of sp³-hybridized carbons (Fsp3) is 0.278. The van der Waals surface area contributed by atoms with E-state index in [0.29, 0.717) is 23.2 Å². The molecule has 45 heavy (non-hydrogen) atoms. The Hall–Kier alpha value is -4.50. The number of carbonyl (C=O) groups excluding carboxylic acids is 2. The van der Waals surface area contributed by atoms with E-state index in [1.807, 2.05) is 64.1 Å². The van der Waals surface area contributed by atoms with Gasteiger partial charge in [0.15, 0.2) is 0 Å². The maximum Gasteiger partial charge on any atom is 0.264 e. The fourth-order valence-electron chi connectivity index (χ4n) is 5.02. The lowest BCUT2D eigenvalue weighted by Gasteiger charge is -2.34. The number of sulfonamides is 1. The number of nitrogens with one attached hydrogen (secondary N) is 1. The summed E-state index contributed by atoms with van der Waals surface area (Å²) in [6.45, 7) is 6.95. The van der Waals surface area contributed by atoms with E-state index in [2.05, 4.69) is 5.32 Å². The smallest absolute Gasteiger partial charge is 0.264 e. The number of rotatable bonds is 13. The maximum atomic E-state index is 14.5. The Bertz CT molecular complexity index is 1700. The molecule has 2 atom stereocenters. The van der Waals surface area contributed by atoms with Crippen molar-refractivity contribution in [2.75, 3.05) is 10.8 Å². The molecule has 0 aromatic heterocycles. The van der Waals surface area contributed by atoms with Crippen molar-refractivity contribution in [1.82, 2.24) is 10.2 Å². The number of carbonyl (C=O) groups is 2. The second-order valence-electron chi connectivity index (χ2n) is 11.2. The lowest BCUT2D eigenvalue weighted by molar-refractivity contribution is -0.140. The highest BCUT2D eigenvalue weighted by Gasteiger charge is 2.35. The Morgan fingerprint density at radius 3 is 2.07 bits per heavy atom. The summed E-state index contributed by atoms with van der Waals surface area (Å²) in [4.78, 5) is 29.9. The van der Waals surface area contributed by atoms with Gasteiger partial charge in [-0.1, -0.05) is 79.7 Å². The van der Waals surface area contributed by atoms with Gasteiger partial charge in [0.2, 0.25) is 11.8 Å². The fourth-order valence-corrected chi connectivity index (χ4v) is 6.51. The molecule has 0 aliphatic carbocycles. The highest BCUT2D eigenvalue weighted by Crippen LogP contribution is 2.29. The summed E-state index contributed by atoms with van der Waals surface area (Å²) in [5.74, 6) is -1.35. The summed E-state index contributed by atoms with van der Waals surface area (Å²) in [6, 6.07) is 27.2. The van der Waals surface area contributed by atoms with Gasteiger partial charge in [0.1, 0.15) is 18.4 Å².